The first-order valence-electron chi connectivity index (χ1n) is 5.50. The van der Waals surface area contributed by atoms with Crippen molar-refractivity contribution in [3.63, 3.8) is 0 Å². The molecular formula is C13H18O3. The van der Waals surface area contributed by atoms with Crippen molar-refractivity contribution < 1.29 is 14.3 Å². The molecule has 0 fully saturated rings. The smallest absolute Gasteiger partial charge is 0.346 e. The zero-order valence-corrected chi connectivity index (χ0v) is 10.0. The number of carbonyl (C=O) groups is 1. The zero-order chi connectivity index (χ0) is 12.0. The van der Waals surface area contributed by atoms with Crippen molar-refractivity contribution in [2.75, 3.05) is 7.11 Å². The number of benzene rings is 1. The van der Waals surface area contributed by atoms with E-state index in [0.717, 1.165) is 12.8 Å². The Kier molecular flexibility index (Phi) is 4.83. The number of methoxy groups -OCH3 is 1. The van der Waals surface area contributed by atoms with Gasteiger partial charge in [-0.05, 0) is 31.0 Å². The summed E-state index contributed by atoms with van der Waals surface area (Å²) in [6.45, 7) is 3.82. The third kappa shape index (κ3) is 3.57. The minimum Gasteiger partial charge on any atom is -0.479 e. The van der Waals surface area contributed by atoms with E-state index in [1.165, 1.54) is 12.7 Å². The van der Waals surface area contributed by atoms with Crippen LogP contribution in [0.5, 0.6) is 5.75 Å². The molecule has 0 heterocycles. The number of hydrogen-bond acceptors (Lipinski definition) is 3. The van der Waals surface area contributed by atoms with Gasteiger partial charge in [0.25, 0.3) is 0 Å². The monoisotopic (exact) mass is 222 g/mol. The van der Waals surface area contributed by atoms with Gasteiger partial charge >= 0.3 is 5.97 Å². The van der Waals surface area contributed by atoms with Crippen LogP contribution in [0.2, 0.25) is 0 Å². The molecule has 0 spiro atoms. The molecule has 1 unspecified atom stereocenters. The van der Waals surface area contributed by atoms with Gasteiger partial charge < -0.3 is 9.47 Å². The first-order chi connectivity index (χ1) is 7.67. The molecule has 0 N–H and O–H groups in total. The van der Waals surface area contributed by atoms with Crippen LogP contribution < -0.4 is 4.74 Å². The molecule has 0 saturated carbocycles. The van der Waals surface area contributed by atoms with Gasteiger partial charge in [0.15, 0.2) is 6.10 Å². The highest BCUT2D eigenvalue weighted by Gasteiger charge is 2.14. The number of esters is 1. The van der Waals surface area contributed by atoms with Crippen LogP contribution in [0.4, 0.5) is 0 Å². The topological polar surface area (TPSA) is 35.5 Å². The molecule has 1 rings (SSSR count). The summed E-state index contributed by atoms with van der Waals surface area (Å²) < 4.78 is 10.0. The van der Waals surface area contributed by atoms with E-state index >= 15 is 0 Å². The summed E-state index contributed by atoms with van der Waals surface area (Å²) >= 11 is 0. The van der Waals surface area contributed by atoms with Gasteiger partial charge in [0.1, 0.15) is 5.75 Å². The Morgan fingerprint density at radius 2 is 1.94 bits per heavy atom. The highest BCUT2D eigenvalue weighted by molar-refractivity contribution is 5.74. The molecule has 0 amide bonds. The number of ether oxygens (including phenoxy) is 2. The van der Waals surface area contributed by atoms with E-state index in [9.17, 15) is 4.79 Å². The lowest BCUT2D eigenvalue weighted by Crippen LogP contribution is -2.24. The van der Waals surface area contributed by atoms with Crippen molar-refractivity contribution in [1.82, 2.24) is 0 Å². The predicted molar refractivity (Wildman–Crippen MR) is 62.5 cm³/mol. The van der Waals surface area contributed by atoms with E-state index in [4.69, 9.17) is 4.74 Å². The molecule has 0 bridgehead atoms. The van der Waals surface area contributed by atoms with Crippen molar-refractivity contribution in [2.45, 2.75) is 32.8 Å². The lowest BCUT2D eigenvalue weighted by atomic mass is 10.1. The summed E-state index contributed by atoms with van der Waals surface area (Å²) in [4.78, 5) is 11.1. The maximum Gasteiger partial charge on any atom is 0.346 e. The second kappa shape index (κ2) is 6.16. The van der Waals surface area contributed by atoms with E-state index < -0.39 is 6.10 Å². The minimum atomic E-state index is -0.568. The predicted octanol–water partition coefficient (Wildman–Crippen LogP) is 2.58. The Balaban J connectivity index is 2.58. The van der Waals surface area contributed by atoms with Gasteiger partial charge in [-0.25, -0.2) is 4.79 Å². The highest BCUT2D eigenvalue weighted by atomic mass is 16.6. The van der Waals surface area contributed by atoms with Crippen LogP contribution in [0.3, 0.4) is 0 Å². The van der Waals surface area contributed by atoms with Crippen LogP contribution in [0.1, 0.15) is 25.8 Å². The number of aryl methyl sites for hydroxylation is 1. The quantitative estimate of drug-likeness (QED) is 0.718. The molecule has 88 valence electrons. The van der Waals surface area contributed by atoms with Gasteiger partial charge in [-0.1, -0.05) is 25.5 Å². The Labute approximate surface area is 96.4 Å². The molecule has 16 heavy (non-hydrogen) atoms. The minimum absolute atomic E-state index is 0.363. The van der Waals surface area contributed by atoms with Gasteiger partial charge in [0.05, 0.1) is 7.11 Å². The number of hydrogen-bond donors (Lipinski definition) is 0. The molecule has 3 nitrogen and oxygen atoms in total. The van der Waals surface area contributed by atoms with Crippen molar-refractivity contribution >= 4 is 5.97 Å². The second-order valence-electron chi connectivity index (χ2n) is 3.68. The van der Waals surface area contributed by atoms with E-state index in [1.807, 2.05) is 24.3 Å². The molecular weight excluding hydrogens is 204 g/mol. The molecule has 0 aliphatic rings. The molecule has 0 saturated heterocycles. The lowest BCUT2D eigenvalue weighted by molar-refractivity contribution is -0.147. The fourth-order valence-corrected chi connectivity index (χ4v) is 1.44. The van der Waals surface area contributed by atoms with Gasteiger partial charge in [-0.15, -0.1) is 0 Å². The molecule has 0 aliphatic heterocycles. The summed E-state index contributed by atoms with van der Waals surface area (Å²) in [5, 5.41) is 0. The van der Waals surface area contributed by atoms with Crippen LogP contribution in [-0.4, -0.2) is 19.2 Å². The number of rotatable bonds is 5. The largest absolute Gasteiger partial charge is 0.479 e. The van der Waals surface area contributed by atoms with Gasteiger partial charge in [0, 0.05) is 0 Å². The van der Waals surface area contributed by atoms with Crippen molar-refractivity contribution in [3.05, 3.63) is 29.8 Å². The van der Waals surface area contributed by atoms with Crippen molar-refractivity contribution in [2.24, 2.45) is 0 Å². The fourth-order valence-electron chi connectivity index (χ4n) is 1.44. The molecule has 1 atom stereocenters. The molecule has 1 aromatic carbocycles. The van der Waals surface area contributed by atoms with Crippen molar-refractivity contribution in [3.8, 4) is 5.75 Å². The Morgan fingerprint density at radius 3 is 2.44 bits per heavy atom. The second-order valence-corrected chi connectivity index (χ2v) is 3.68. The summed E-state index contributed by atoms with van der Waals surface area (Å²) in [7, 11) is 1.35. The third-order valence-corrected chi connectivity index (χ3v) is 2.31. The summed E-state index contributed by atoms with van der Waals surface area (Å²) in [6, 6.07) is 7.79. The van der Waals surface area contributed by atoms with Crippen LogP contribution in [0.25, 0.3) is 0 Å². The van der Waals surface area contributed by atoms with E-state index in [-0.39, 0.29) is 5.97 Å². The maximum atomic E-state index is 11.1. The molecule has 1 aromatic rings. The molecule has 3 heteroatoms. The first kappa shape index (κ1) is 12.6. The van der Waals surface area contributed by atoms with Gasteiger partial charge in [-0.3, -0.25) is 0 Å². The Bertz CT molecular complexity index is 330. The maximum absolute atomic E-state index is 11.1. The Hall–Kier alpha value is -1.51. The lowest BCUT2D eigenvalue weighted by Gasteiger charge is -2.12. The van der Waals surface area contributed by atoms with Gasteiger partial charge in [-0.2, -0.15) is 0 Å². The van der Waals surface area contributed by atoms with Crippen LogP contribution in [0.15, 0.2) is 24.3 Å². The average Bonchev–Trinajstić information content (AvgIpc) is 2.31. The normalized spacial score (nSPS) is 11.9. The first-order valence-corrected chi connectivity index (χ1v) is 5.50. The summed E-state index contributed by atoms with van der Waals surface area (Å²) in [5.41, 5.74) is 1.28. The SMILES string of the molecule is CCCc1ccc(OC(C)C(=O)OC)cc1. The molecule has 0 aliphatic carbocycles. The zero-order valence-electron chi connectivity index (χ0n) is 10.0. The van der Waals surface area contributed by atoms with Crippen molar-refractivity contribution in [1.29, 1.82) is 0 Å². The van der Waals surface area contributed by atoms with E-state index in [0.29, 0.717) is 5.75 Å². The molecule has 0 radical (unpaired) electrons. The van der Waals surface area contributed by atoms with Crippen LogP contribution >= 0.6 is 0 Å². The third-order valence-electron chi connectivity index (χ3n) is 2.31. The fraction of sp³-hybridized carbons (Fsp3) is 0.462. The molecule has 0 aromatic heterocycles. The van der Waals surface area contributed by atoms with E-state index in [2.05, 4.69) is 11.7 Å². The summed E-state index contributed by atoms with van der Waals surface area (Å²) in [6.07, 6.45) is 1.62. The van der Waals surface area contributed by atoms with Crippen LogP contribution in [0, 0.1) is 0 Å². The standard InChI is InChI=1S/C13H18O3/c1-4-5-11-6-8-12(9-7-11)16-10(2)13(14)15-3/h6-10H,4-5H2,1-3H3. The van der Waals surface area contributed by atoms with Gasteiger partial charge in [0.2, 0.25) is 0 Å². The Morgan fingerprint density at radius 1 is 1.31 bits per heavy atom. The van der Waals surface area contributed by atoms with E-state index in [1.54, 1.807) is 6.92 Å². The van der Waals surface area contributed by atoms with Crippen LogP contribution in [-0.2, 0) is 16.0 Å². The highest BCUT2D eigenvalue weighted by Crippen LogP contribution is 2.15. The average molecular weight is 222 g/mol. The number of carbonyl (C=O) groups excluding carboxylic acids is 1. The summed E-state index contributed by atoms with van der Waals surface area (Å²) in [5.74, 6) is 0.329.